The SMILES string of the molecule is Cn1ncc2c1CCCC2NC(=O)Nc1ccc(OCc2cccc(C#N)c2)c(Cl)c1. The van der Waals surface area contributed by atoms with Gasteiger partial charge in [-0.1, -0.05) is 23.7 Å². The van der Waals surface area contributed by atoms with E-state index in [4.69, 9.17) is 21.6 Å². The number of hydrogen-bond donors (Lipinski definition) is 2. The summed E-state index contributed by atoms with van der Waals surface area (Å²) in [6.07, 6.45) is 4.69. The number of aryl methyl sites for hydroxylation is 1. The molecule has 7 nitrogen and oxygen atoms in total. The number of benzene rings is 2. The Morgan fingerprint density at radius 1 is 1.35 bits per heavy atom. The van der Waals surface area contributed by atoms with Crippen LogP contribution in [-0.4, -0.2) is 15.8 Å². The number of carbonyl (C=O) groups is 1. The molecule has 0 fully saturated rings. The van der Waals surface area contributed by atoms with Crippen molar-refractivity contribution in [3.63, 3.8) is 0 Å². The van der Waals surface area contributed by atoms with Crippen LogP contribution in [-0.2, 0) is 20.1 Å². The minimum atomic E-state index is -0.292. The molecule has 1 aliphatic carbocycles. The van der Waals surface area contributed by atoms with Crippen LogP contribution in [0.5, 0.6) is 5.75 Å². The second-order valence-corrected chi connectivity index (χ2v) is 7.87. The van der Waals surface area contributed by atoms with E-state index in [0.717, 1.165) is 30.4 Å². The largest absolute Gasteiger partial charge is 0.487 e. The smallest absolute Gasteiger partial charge is 0.319 e. The number of rotatable bonds is 5. The van der Waals surface area contributed by atoms with E-state index >= 15 is 0 Å². The van der Waals surface area contributed by atoms with Crippen LogP contribution in [0.15, 0.2) is 48.7 Å². The lowest BCUT2D eigenvalue weighted by Gasteiger charge is -2.24. The quantitative estimate of drug-likeness (QED) is 0.606. The Morgan fingerprint density at radius 2 is 2.23 bits per heavy atom. The Morgan fingerprint density at radius 3 is 3.03 bits per heavy atom. The molecule has 0 aliphatic heterocycles. The first-order chi connectivity index (χ1) is 15.0. The van der Waals surface area contributed by atoms with Crippen molar-refractivity contribution in [1.82, 2.24) is 15.1 Å². The zero-order chi connectivity index (χ0) is 21.8. The van der Waals surface area contributed by atoms with Crippen molar-refractivity contribution >= 4 is 23.3 Å². The number of carbonyl (C=O) groups excluding carboxylic acids is 1. The molecule has 3 aromatic rings. The number of urea groups is 1. The molecule has 1 heterocycles. The number of nitriles is 1. The van der Waals surface area contributed by atoms with Crippen molar-refractivity contribution in [3.8, 4) is 11.8 Å². The topological polar surface area (TPSA) is 92.0 Å². The average Bonchev–Trinajstić information content (AvgIpc) is 3.15. The summed E-state index contributed by atoms with van der Waals surface area (Å²) in [7, 11) is 1.92. The highest BCUT2D eigenvalue weighted by molar-refractivity contribution is 6.32. The Balaban J connectivity index is 1.36. The van der Waals surface area contributed by atoms with Crippen molar-refractivity contribution in [3.05, 3.63) is 76.1 Å². The second-order valence-electron chi connectivity index (χ2n) is 7.46. The molecule has 0 bridgehead atoms. The van der Waals surface area contributed by atoms with Gasteiger partial charge < -0.3 is 15.4 Å². The van der Waals surface area contributed by atoms with Gasteiger partial charge in [0, 0.05) is 24.0 Å². The lowest BCUT2D eigenvalue weighted by Crippen LogP contribution is -2.34. The van der Waals surface area contributed by atoms with Gasteiger partial charge in [-0.15, -0.1) is 0 Å². The highest BCUT2D eigenvalue weighted by Gasteiger charge is 2.24. The Bertz CT molecular complexity index is 1150. The third-order valence-electron chi connectivity index (χ3n) is 5.32. The van der Waals surface area contributed by atoms with Gasteiger partial charge >= 0.3 is 6.03 Å². The van der Waals surface area contributed by atoms with E-state index in [2.05, 4.69) is 21.8 Å². The van der Waals surface area contributed by atoms with Gasteiger partial charge in [0.2, 0.25) is 0 Å². The highest BCUT2D eigenvalue weighted by atomic mass is 35.5. The number of ether oxygens (including phenoxy) is 1. The third kappa shape index (κ3) is 4.81. The van der Waals surface area contributed by atoms with Gasteiger partial charge in [0.25, 0.3) is 0 Å². The van der Waals surface area contributed by atoms with Crippen LogP contribution in [0.3, 0.4) is 0 Å². The molecule has 1 aliphatic rings. The third-order valence-corrected chi connectivity index (χ3v) is 5.62. The number of hydrogen-bond acceptors (Lipinski definition) is 4. The summed E-state index contributed by atoms with van der Waals surface area (Å²) in [5, 5.41) is 19.5. The zero-order valence-electron chi connectivity index (χ0n) is 17.1. The summed E-state index contributed by atoms with van der Waals surface area (Å²) < 4.78 is 7.64. The zero-order valence-corrected chi connectivity index (χ0v) is 17.8. The second kappa shape index (κ2) is 9.11. The normalized spacial score (nSPS) is 14.9. The minimum absolute atomic E-state index is 0.0558. The number of aromatic nitrogens is 2. The lowest BCUT2D eigenvalue weighted by molar-refractivity contribution is 0.247. The van der Waals surface area contributed by atoms with Crippen LogP contribution in [0.2, 0.25) is 5.02 Å². The molecule has 2 N–H and O–H groups in total. The molecule has 158 valence electrons. The van der Waals surface area contributed by atoms with Gasteiger partial charge in [-0.25, -0.2) is 4.79 Å². The number of nitrogens with zero attached hydrogens (tertiary/aromatic N) is 3. The Kier molecular flexibility index (Phi) is 6.10. The fourth-order valence-corrected chi connectivity index (χ4v) is 4.00. The van der Waals surface area contributed by atoms with Gasteiger partial charge in [0.05, 0.1) is 28.9 Å². The summed E-state index contributed by atoms with van der Waals surface area (Å²) in [5.74, 6) is 0.502. The van der Waals surface area contributed by atoms with E-state index in [1.807, 2.05) is 30.1 Å². The summed E-state index contributed by atoms with van der Waals surface area (Å²) in [5.41, 5.74) is 4.27. The van der Waals surface area contributed by atoms with Crippen molar-refractivity contribution in [2.45, 2.75) is 31.9 Å². The first-order valence-electron chi connectivity index (χ1n) is 10.0. The number of fused-ring (bicyclic) bond motifs is 1. The van der Waals surface area contributed by atoms with E-state index in [-0.39, 0.29) is 18.7 Å². The molecule has 0 saturated carbocycles. The van der Waals surface area contributed by atoms with Crippen molar-refractivity contribution < 1.29 is 9.53 Å². The summed E-state index contributed by atoms with van der Waals surface area (Å²) in [6.45, 7) is 0.289. The molecule has 0 spiro atoms. The van der Waals surface area contributed by atoms with E-state index < -0.39 is 0 Å². The van der Waals surface area contributed by atoms with Crippen LogP contribution in [0, 0.1) is 11.3 Å². The maximum absolute atomic E-state index is 12.5. The van der Waals surface area contributed by atoms with Crippen LogP contribution >= 0.6 is 11.6 Å². The lowest BCUT2D eigenvalue weighted by atomic mass is 9.93. The molecule has 4 rings (SSSR count). The van der Waals surface area contributed by atoms with Crippen molar-refractivity contribution in [2.24, 2.45) is 7.05 Å². The maximum atomic E-state index is 12.5. The van der Waals surface area contributed by atoms with Crippen molar-refractivity contribution in [2.75, 3.05) is 5.32 Å². The first-order valence-corrected chi connectivity index (χ1v) is 10.4. The molecule has 1 aromatic heterocycles. The number of nitrogens with one attached hydrogen (secondary N) is 2. The molecular formula is C23H22ClN5O2. The molecular weight excluding hydrogens is 414 g/mol. The molecule has 1 atom stereocenters. The first kappa shape index (κ1) is 20.8. The molecule has 0 radical (unpaired) electrons. The highest BCUT2D eigenvalue weighted by Crippen LogP contribution is 2.30. The molecule has 31 heavy (non-hydrogen) atoms. The van der Waals surface area contributed by atoms with Gasteiger partial charge in [-0.3, -0.25) is 4.68 Å². The van der Waals surface area contributed by atoms with Crippen LogP contribution < -0.4 is 15.4 Å². The number of halogens is 1. The molecule has 1 unspecified atom stereocenters. The monoisotopic (exact) mass is 435 g/mol. The molecule has 2 amide bonds. The van der Waals surface area contributed by atoms with E-state index in [0.29, 0.717) is 22.0 Å². The van der Waals surface area contributed by atoms with E-state index in [9.17, 15) is 4.79 Å². The van der Waals surface area contributed by atoms with Crippen molar-refractivity contribution in [1.29, 1.82) is 5.26 Å². The fraction of sp³-hybridized carbons (Fsp3) is 0.261. The molecule has 2 aromatic carbocycles. The maximum Gasteiger partial charge on any atom is 0.319 e. The van der Waals surface area contributed by atoms with Gasteiger partial charge in [0.15, 0.2) is 0 Å². The Hall–Kier alpha value is -3.50. The van der Waals surface area contributed by atoms with Crippen LogP contribution in [0.25, 0.3) is 0 Å². The Labute approximate surface area is 185 Å². The molecule has 0 saturated heterocycles. The van der Waals surface area contributed by atoms with Crippen LogP contribution in [0.1, 0.15) is 41.3 Å². The van der Waals surface area contributed by atoms with Crippen LogP contribution in [0.4, 0.5) is 10.5 Å². The van der Waals surface area contributed by atoms with Gasteiger partial charge in [-0.2, -0.15) is 10.4 Å². The predicted molar refractivity (Wildman–Crippen MR) is 118 cm³/mol. The number of amides is 2. The average molecular weight is 436 g/mol. The van der Waals surface area contributed by atoms with E-state index in [1.165, 1.54) is 5.69 Å². The standard InChI is InChI=1S/C23H22ClN5O2/c1-29-21-7-3-6-20(18(21)13-26-29)28-23(30)27-17-8-9-22(19(24)11-17)31-14-16-5-2-4-15(10-16)12-25/h2,4-5,8-11,13,20H,3,6-7,14H2,1H3,(H2,27,28,30). The van der Waals surface area contributed by atoms with Gasteiger partial charge in [0.1, 0.15) is 12.4 Å². The minimum Gasteiger partial charge on any atom is -0.487 e. The molecule has 8 heteroatoms. The summed E-state index contributed by atoms with van der Waals surface area (Å²) >= 11 is 6.34. The number of anilines is 1. The predicted octanol–water partition coefficient (Wildman–Crippen LogP) is 4.72. The summed E-state index contributed by atoms with van der Waals surface area (Å²) in [4.78, 5) is 12.5. The van der Waals surface area contributed by atoms with E-state index in [1.54, 1.807) is 30.3 Å². The van der Waals surface area contributed by atoms with Gasteiger partial charge in [-0.05, 0) is 55.2 Å². The fourth-order valence-electron chi connectivity index (χ4n) is 3.77. The summed E-state index contributed by atoms with van der Waals surface area (Å²) in [6, 6.07) is 14.1.